The number of nitrogens with zero attached hydrogens (tertiary/aromatic N) is 4. The molecule has 2 fully saturated rings. The minimum atomic E-state index is -4.47. The van der Waals surface area contributed by atoms with Crippen molar-refractivity contribution in [2.24, 2.45) is 5.92 Å². The Hall–Kier alpha value is -1.70. The molecule has 3 rings (SSSR count). The molecule has 1 atom stereocenters. The highest BCUT2D eigenvalue weighted by molar-refractivity contribution is 5.80. The Kier molecular flexibility index (Phi) is 4.50. The summed E-state index contributed by atoms with van der Waals surface area (Å²) >= 11 is 0. The summed E-state index contributed by atoms with van der Waals surface area (Å²) in [6.45, 7) is 0.968. The van der Waals surface area contributed by atoms with E-state index < -0.39 is 11.9 Å². The molecule has 2 heterocycles. The van der Waals surface area contributed by atoms with Gasteiger partial charge in [0.2, 0.25) is 5.91 Å². The Labute approximate surface area is 138 Å². The summed E-state index contributed by atoms with van der Waals surface area (Å²) in [6, 6.07) is 1.32. The van der Waals surface area contributed by atoms with Crippen molar-refractivity contribution in [2.45, 2.75) is 37.4 Å². The Bertz CT molecular complexity index is 614. The van der Waals surface area contributed by atoms with Crippen LogP contribution in [-0.2, 0) is 11.0 Å². The fraction of sp³-hybridized carbons (Fsp3) is 0.688. The Morgan fingerprint density at radius 1 is 1.33 bits per heavy atom. The Morgan fingerprint density at radius 2 is 2.04 bits per heavy atom. The molecule has 0 aromatic carbocycles. The van der Waals surface area contributed by atoms with Gasteiger partial charge in [0.15, 0.2) is 0 Å². The summed E-state index contributed by atoms with van der Waals surface area (Å²) in [7, 11) is 4.00. The highest BCUT2D eigenvalue weighted by Gasteiger charge is 2.40. The van der Waals surface area contributed by atoms with Gasteiger partial charge in [-0.15, -0.1) is 0 Å². The normalized spacial score (nSPS) is 27.4. The van der Waals surface area contributed by atoms with E-state index in [2.05, 4.69) is 14.9 Å². The van der Waals surface area contributed by atoms with Crippen molar-refractivity contribution in [2.75, 3.05) is 27.2 Å². The number of halogens is 3. The number of carbonyl (C=O) groups is 1. The molecular weight excluding hydrogens is 321 g/mol. The van der Waals surface area contributed by atoms with Gasteiger partial charge in [-0.3, -0.25) is 4.79 Å². The summed E-state index contributed by atoms with van der Waals surface area (Å²) < 4.78 is 38.3. The van der Waals surface area contributed by atoms with Crippen molar-refractivity contribution in [3.8, 4) is 0 Å². The molecular formula is C16H21F3N4O. The zero-order valence-corrected chi connectivity index (χ0v) is 13.8. The molecule has 1 aromatic rings. The second-order valence-electron chi connectivity index (χ2n) is 6.85. The molecule has 0 radical (unpaired) electrons. The van der Waals surface area contributed by atoms with E-state index in [-0.39, 0.29) is 23.6 Å². The highest BCUT2D eigenvalue weighted by Crippen LogP contribution is 2.35. The maximum absolute atomic E-state index is 12.8. The van der Waals surface area contributed by atoms with Crippen molar-refractivity contribution in [3.05, 3.63) is 23.8 Å². The lowest BCUT2D eigenvalue weighted by Gasteiger charge is -2.40. The molecule has 132 valence electrons. The first-order valence-electron chi connectivity index (χ1n) is 8.11. The number of likely N-dealkylation sites (tertiary alicyclic amines) is 1. The van der Waals surface area contributed by atoms with Crippen LogP contribution in [0.3, 0.4) is 0 Å². The number of carbonyl (C=O) groups excluding carboxylic acids is 1. The van der Waals surface area contributed by atoms with E-state index in [4.69, 9.17) is 0 Å². The molecule has 1 aromatic heterocycles. The molecule has 1 aliphatic heterocycles. The molecule has 1 unspecified atom stereocenters. The third-order valence-electron chi connectivity index (χ3n) is 5.02. The van der Waals surface area contributed by atoms with Gasteiger partial charge in [-0.25, -0.2) is 9.97 Å². The quantitative estimate of drug-likeness (QED) is 0.845. The van der Waals surface area contributed by atoms with Crippen LogP contribution in [0.4, 0.5) is 13.2 Å². The van der Waals surface area contributed by atoms with Gasteiger partial charge < -0.3 is 9.80 Å². The van der Waals surface area contributed by atoms with Gasteiger partial charge in [0.05, 0.1) is 0 Å². The van der Waals surface area contributed by atoms with E-state index >= 15 is 0 Å². The number of rotatable bonds is 3. The fourth-order valence-corrected chi connectivity index (χ4v) is 3.37. The summed E-state index contributed by atoms with van der Waals surface area (Å²) in [5, 5.41) is 0. The van der Waals surface area contributed by atoms with Gasteiger partial charge in [-0.1, -0.05) is 0 Å². The van der Waals surface area contributed by atoms with Crippen LogP contribution in [0.1, 0.15) is 36.7 Å². The molecule has 1 amide bonds. The minimum absolute atomic E-state index is 0.0403. The first-order chi connectivity index (χ1) is 11.3. The average Bonchev–Trinajstić information content (AvgIpc) is 2.94. The molecule has 0 N–H and O–H groups in total. The first-order valence-corrected chi connectivity index (χ1v) is 8.11. The second-order valence-corrected chi connectivity index (χ2v) is 6.85. The zero-order valence-electron chi connectivity index (χ0n) is 13.8. The zero-order chi connectivity index (χ0) is 17.5. The molecule has 0 bridgehead atoms. The lowest BCUT2D eigenvalue weighted by molar-refractivity contribution is -0.141. The van der Waals surface area contributed by atoms with Crippen molar-refractivity contribution in [3.63, 3.8) is 0 Å². The SMILES string of the molecule is CN(C)C1CC(C(=O)N2CCC(c3nccc(C(F)(F)F)n3)C2)C1. The molecule has 2 aliphatic rings. The number of amides is 1. The van der Waals surface area contributed by atoms with Crippen molar-refractivity contribution in [1.82, 2.24) is 19.8 Å². The van der Waals surface area contributed by atoms with Crippen molar-refractivity contribution in [1.29, 1.82) is 0 Å². The van der Waals surface area contributed by atoms with E-state index in [0.29, 0.717) is 25.6 Å². The van der Waals surface area contributed by atoms with Crippen LogP contribution in [0.2, 0.25) is 0 Å². The van der Waals surface area contributed by atoms with Crippen LogP contribution >= 0.6 is 0 Å². The molecule has 0 spiro atoms. The number of hydrogen-bond donors (Lipinski definition) is 0. The van der Waals surface area contributed by atoms with Crippen molar-refractivity contribution >= 4 is 5.91 Å². The minimum Gasteiger partial charge on any atom is -0.342 e. The van der Waals surface area contributed by atoms with Crippen LogP contribution < -0.4 is 0 Å². The average molecular weight is 342 g/mol. The molecule has 8 heteroatoms. The standard InChI is InChI=1S/C16H21F3N4O/c1-22(2)12-7-11(8-12)15(24)23-6-4-10(9-23)14-20-5-3-13(21-14)16(17,18)19/h3,5,10-12H,4,6-9H2,1-2H3. The highest BCUT2D eigenvalue weighted by atomic mass is 19.4. The van der Waals surface area contributed by atoms with Crippen LogP contribution in [0, 0.1) is 5.92 Å². The van der Waals surface area contributed by atoms with Crippen LogP contribution in [-0.4, -0.2) is 58.9 Å². The third-order valence-corrected chi connectivity index (χ3v) is 5.02. The number of hydrogen-bond acceptors (Lipinski definition) is 4. The van der Waals surface area contributed by atoms with Gasteiger partial charge in [0, 0.05) is 37.2 Å². The maximum atomic E-state index is 12.8. The number of aromatic nitrogens is 2. The number of alkyl halides is 3. The van der Waals surface area contributed by atoms with E-state index in [1.54, 1.807) is 4.90 Å². The third kappa shape index (κ3) is 3.38. The van der Waals surface area contributed by atoms with E-state index in [1.807, 2.05) is 14.1 Å². The Morgan fingerprint density at radius 3 is 2.67 bits per heavy atom. The van der Waals surface area contributed by atoms with E-state index in [9.17, 15) is 18.0 Å². The monoisotopic (exact) mass is 342 g/mol. The maximum Gasteiger partial charge on any atom is 0.433 e. The van der Waals surface area contributed by atoms with Crippen molar-refractivity contribution < 1.29 is 18.0 Å². The second kappa shape index (κ2) is 6.31. The molecule has 1 saturated carbocycles. The summed E-state index contributed by atoms with van der Waals surface area (Å²) in [5.74, 6) is 0.113. The molecule has 5 nitrogen and oxygen atoms in total. The van der Waals surface area contributed by atoms with Gasteiger partial charge in [-0.05, 0) is 39.4 Å². The van der Waals surface area contributed by atoms with Crippen LogP contribution in [0.25, 0.3) is 0 Å². The van der Waals surface area contributed by atoms with Gasteiger partial charge in [0.1, 0.15) is 11.5 Å². The summed E-state index contributed by atoms with van der Waals surface area (Å²) in [5.41, 5.74) is -0.926. The predicted molar refractivity (Wildman–Crippen MR) is 81.2 cm³/mol. The van der Waals surface area contributed by atoms with E-state index in [1.165, 1.54) is 0 Å². The first kappa shape index (κ1) is 17.1. The largest absolute Gasteiger partial charge is 0.433 e. The lowest BCUT2D eigenvalue weighted by atomic mass is 9.78. The lowest BCUT2D eigenvalue weighted by Crippen LogP contribution is -2.47. The topological polar surface area (TPSA) is 49.3 Å². The fourth-order valence-electron chi connectivity index (χ4n) is 3.37. The summed E-state index contributed by atoms with van der Waals surface area (Å²) in [4.78, 5) is 24.0. The predicted octanol–water partition coefficient (Wildman–Crippen LogP) is 2.15. The van der Waals surface area contributed by atoms with Gasteiger partial charge in [-0.2, -0.15) is 13.2 Å². The molecule has 1 saturated heterocycles. The van der Waals surface area contributed by atoms with Crippen LogP contribution in [0.5, 0.6) is 0 Å². The molecule has 24 heavy (non-hydrogen) atoms. The van der Waals surface area contributed by atoms with E-state index in [0.717, 1.165) is 25.1 Å². The smallest absolute Gasteiger partial charge is 0.342 e. The van der Waals surface area contributed by atoms with Gasteiger partial charge >= 0.3 is 6.18 Å². The summed E-state index contributed by atoms with van der Waals surface area (Å²) in [6.07, 6.45) is -1.01. The van der Waals surface area contributed by atoms with Crippen LogP contribution in [0.15, 0.2) is 12.3 Å². The molecule has 1 aliphatic carbocycles. The van der Waals surface area contributed by atoms with Gasteiger partial charge in [0.25, 0.3) is 0 Å². The Balaban J connectivity index is 1.61.